The summed E-state index contributed by atoms with van der Waals surface area (Å²) in [4.78, 5) is 11.8. The predicted octanol–water partition coefficient (Wildman–Crippen LogP) is 3.24. The number of Topliss-reactive ketones (excluding diaryl/α,β-unsaturated/α-hetero) is 1. The molecule has 4 rings (SSSR count). The van der Waals surface area contributed by atoms with Gasteiger partial charge >= 0.3 is 6.18 Å². The molecule has 1 aromatic carbocycles. The van der Waals surface area contributed by atoms with Crippen molar-refractivity contribution in [2.75, 3.05) is 13.7 Å². The maximum absolute atomic E-state index is 14.0. The number of alkyl halides is 3. The van der Waals surface area contributed by atoms with Crippen molar-refractivity contribution in [1.82, 2.24) is 15.1 Å². The molecule has 31 heavy (non-hydrogen) atoms. The zero-order chi connectivity index (χ0) is 22.6. The highest BCUT2D eigenvalue weighted by molar-refractivity contribution is 5.89. The minimum Gasteiger partial charge on any atom is -0.492 e. The second kappa shape index (κ2) is 7.67. The van der Waals surface area contributed by atoms with E-state index in [2.05, 4.69) is 10.4 Å². The number of nitrogens with one attached hydrogen (secondary N) is 1. The van der Waals surface area contributed by atoms with E-state index in [9.17, 15) is 23.1 Å². The molecule has 0 amide bonds. The molecule has 170 valence electrons. The number of rotatable bonds is 5. The van der Waals surface area contributed by atoms with E-state index in [4.69, 9.17) is 9.47 Å². The normalized spacial score (nSPS) is 29.1. The molecule has 1 aliphatic carbocycles. The van der Waals surface area contributed by atoms with E-state index < -0.39 is 17.3 Å². The van der Waals surface area contributed by atoms with Crippen LogP contribution < -0.4 is 14.8 Å². The molecule has 1 saturated heterocycles. The summed E-state index contributed by atoms with van der Waals surface area (Å²) in [5.41, 5.74) is -1.88. The second-order valence-corrected chi connectivity index (χ2v) is 8.90. The first-order chi connectivity index (χ1) is 14.5. The maximum atomic E-state index is 14.0. The van der Waals surface area contributed by atoms with Gasteiger partial charge in [0.1, 0.15) is 18.1 Å². The number of ether oxygens (including phenoxy) is 2. The number of ketones is 1. The fraction of sp³-hybridized carbons (Fsp3) is 0.619. The Morgan fingerprint density at radius 2 is 2.03 bits per heavy atom. The number of fused-ring (bicyclic) bond motifs is 1. The highest BCUT2D eigenvalue weighted by Gasteiger charge is 2.43. The van der Waals surface area contributed by atoms with Crippen LogP contribution in [0.3, 0.4) is 0 Å². The first-order valence-corrected chi connectivity index (χ1v) is 10.3. The molecule has 2 aromatic rings. The van der Waals surface area contributed by atoms with E-state index in [0.717, 1.165) is 6.07 Å². The van der Waals surface area contributed by atoms with Crippen LogP contribution in [-0.2, 0) is 11.0 Å². The van der Waals surface area contributed by atoms with Crippen molar-refractivity contribution >= 4 is 16.7 Å². The molecule has 2 aliphatic rings. The smallest absolute Gasteiger partial charge is 0.418 e. The molecule has 0 radical (unpaired) electrons. The number of methoxy groups -OCH3 is 1. The summed E-state index contributed by atoms with van der Waals surface area (Å²) in [6.07, 6.45) is -3.31. The van der Waals surface area contributed by atoms with E-state index in [-0.39, 0.29) is 59.5 Å². The summed E-state index contributed by atoms with van der Waals surface area (Å²) < 4.78 is 54.2. The summed E-state index contributed by atoms with van der Waals surface area (Å²) in [5.74, 6) is 0.202. The fourth-order valence-corrected chi connectivity index (χ4v) is 4.59. The van der Waals surface area contributed by atoms with E-state index in [0.29, 0.717) is 19.3 Å². The van der Waals surface area contributed by atoms with Crippen LogP contribution in [-0.4, -0.2) is 52.1 Å². The largest absolute Gasteiger partial charge is 0.492 e. The average molecular weight is 441 g/mol. The summed E-state index contributed by atoms with van der Waals surface area (Å²) in [6.45, 7) is 3.60. The zero-order valence-electron chi connectivity index (χ0n) is 17.6. The molecular formula is C21H26F3N3O4. The molecule has 2 heterocycles. The molecule has 2 N–H and O–H groups in total. The Morgan fingerprint density at radius 1 is 1.32 bits per heavy atom. The van der Waals surface area contributed by atoms with Gasteiger partial charge in [0.05, 0.1) is 35.2 Å². The van der Waals surface area contributed by atoms with Crippen molar-refractivity contribution in [3.8, 4) is 11.6 Å². The number of piperidine rings is 1. The Balaban J connectivity index is 1.69. The number of benzene rings is 1. The molecule has 0 spiro atoms. The SMILES string of the molecule is COc1nn(C2CC(C)(O)C2)c2c(C(F)(F)F)cc(OC[C@@H]3CC(=O)C[C@H](C)N3)cc12. The molecule has 10 heteroatoms. The van der Waals surface area contributed by atoms with Crippen molar-refractivity contribution in [1.29, 1.82) is 0 Å². The predicted molar refractivity (Wildman–Crippen MR) is 106 cm³/mol. The number of aliphatic hydroxyl groups is 1. The van der Waals surface area contributed by atoms with Crippen LogP contribution in [0.25, 0.3) is 10.9 Å². The first kappa shape index (κ1) is 21.9. The highest BCUT2D eigenvalue weighted by Crippen LogP contribution is 2.46. The summed E-state index contributed by atoms with van der Waals surface area (Å²) in [6, 6.07) is 1.83. The minimum atomic E-state index is -4.64. The van der Waals surface area contributed by atoms with Gasteiger partial charge in [-0.3, -0.25) is 9.48 Å². The van der Waals surface area contributed by atoms with Crippen molar-refractivity contribution in [3.63, 3.8) is 0 Å². The fourth-order valence-electron chi connectivity index (χ4n) is 4.59. The van der Waals surface area contributed by atoms with Crippen LogP contribution in [0.2, 0.25) is 0 Å². The number of hydrogen-bond acceptors (Lipinski definition) is 6. The first-order valence-electron chi connectivity index (χ1n) is 10.3. The lowest BCUT2D eigenvalue weighted by molar-refractivity contribution is -0.136. The van der Waals surface area contributed by atoms with Gasteiger partial charge in [0.15, 0.2) is 0 Å². The zero-order valence-corrected chi connectivity index (χ0v) is 17.6. The number of carbonyl (C=O) groups excluding carboxylic acids is 1. The Labute approximate surface area is 177 Å². The van der Waals surface area contributed by atoms with Crippen LogP contribution in [0.15, 0.2) is 12.1 Å². The van der Waals surface area contributed by atoms with Gasteiger partial charge in [0.2, 0.25) is 5.88 Å². The number of aromatic nitrogens is 2. The Bertz CT molecular complexity index is 994. The number of nitrogens with zero attached hydrogens (tertiary/aromatic N) is 2. The molecule has 0 bridgehead atoms. The molecule has 1 aliphatic heterocycles. The number of hydrogen-bond donors (Lipinski definition) is 2. The molecule has 7 nitrogen and oxygen atoms in total. The van der Waals surface area contributed by atoms with Gasteiger partial charge in [0, 0.05) is 24.9 Å². The van der Waals surface area contributed by atoms with Crippen LogP contribution >= 0.6 is 0 Å². The van der Waals surface area contributed by atoms with Crippen molar-refractivity contribution in [3.05, 3.63) is 17.7 Å². The molecule has 1 aromatic heterocycles. The topological polar surface area (TPSA) is 85.6 Å². The molecule has 2 fully saturated rings. The van der Waals surface area contributed by atoms with E-state index in [1.54, 1.807) is 6.92 Å². The highest BCUT2D eigenvalue weighted by atomic mass is 19.4. The minimum absolute atomic E-state index is 0.000999. The summed E-state index contributed by atoms with van der Waals surface area (Å²) in [5, 5.41) is 17.7. The lowest BCUT2D eigenvalue weighted by Gasteiger charge is -2.41. The Kier molecular flexibility index (Phi) is 5.41. The van der Waals surface area contributed by atoms with Gasteiger partial charge in [0.25, 0.3) is 0 Å². The van der Waals surface area contributed by atoms with E-state index in [1.807, 2.05) is 6.92 Å². The van der Waals surface area contributed by atoms with Crippen LogP contribution in [0.1, 0.15) is 51.1 Å². The molecule has 2 atom stereocenters. The Hall–Kier alpha value is -2.33. The summed E-state index contributed by atoms with van der Waals surface area (Å²) >= 11 is 0. The third-order valence-corrected chi connectivity index (χ3v) is 5.92. The monoisotopic (exact) mass is 441 g/mol. The number of carbonyl (C=O) groups is 1. The van der Waals surface area contributed by atoms with E-state index in [1.165, 1.54) is 17.9 Å². The third kappa shape index (κ3) is 4.36. The molecular weight excluding hydrogens is 415 g/mol. The lowest BCUT2D eigenvalue weighted by Crippen LogP contribution is -2.47. The van der Waals surface area contributed by atoms with Gasteiger partial charge in [-0.1, -0.05) is 0 Å². The Morgan fingerprint density at radius 3 is 2.61 bits per heavy atom. The van der Waals surface area contributed by atoms with Crippen molar-refractivity contribution in [2.24, 2.45) is 0 Å². The summed E-state index contributed by atoms with van der Waals surface area (Å²) in [7, 11) is 1.35. The second-order valence-electron chi connectivity index (χ2n) is 8.90. The van der Waals surface area contributed by atoms with Crippen LogP contribution in [0.5, 0.6) is 11.6 Å². The van der Waals surface area contributed by atoms with Gasteiger partial charge < -0.3 is 19.9 Å². The standard InChI is InChI=1S/C21H26F3N3O4/c1-11-4-14(28)5-12(25-11)10-31-15-6-16-18(17(7-15)21(22,23)24)27(26-19(16)30-3)13-8-20(2,29)9-13/h6-7,11-13,25,29H,4-5,8-10H2,1-3H3/t11-,12-,13?,20?/m0/s1. The maximum Gasteiger partial charge on any atom is 0.418 e. The van der Waals surface area contributed by atoms with Crippen LogP contribution in [0.4, 0.5) is 13.2 Å². The van der Waals surface area contributed by atoms with Crippen LogP contribution in [0, 0.1) is 0 Å². The number of halogens is 3. The average Bonchev–Trinajstić information content (AvgIpc) is 3.00. The molecule has 0 unspecified atom stereocenters. The molecule has 1 saturated carbocycles. The quantitative estimate of drug-likeness (QED) is 0.741. The van der Waals surface area contributed by atoms with Crippen molar-refractivity contribution < 1.29 is 32.5 Å². The van der Waals surface area contributed by atoms with Gasteiger partial charge in [-0.15, -0.1) is 5.10 Å². The van der Waals surface area contributed by atoms with Gasteiger partial charge in [-0.25, -0.2) is 0 Å². The third-order valence-electron chi connectivity index (χ3n) is 5.92. The van der Waals surface area contributed by atoms with E-state index >= 15 is 0 Å². The van der Waals surface area contributed by atoms with Gasteiger partial charge in [-0.05, 0) is 38.8 Å². The van der Waals surface area contributed by atoms with Gasteiger partial charge in [-0.2, -0.15) is 13.2 Å². The van der Waals surface area contributed by atoms with Crippen molar-refractivity contribution in [2.45, 2.75) is 69.4 Å². The lowest BCUT2D eigenvalue weighted by atomic mass is 9.77.